The van der Waals surface area contributed by atoms with Crippen molar-refractivity contribution in [1.82, 2.24) is 4.31 Å². The van der Waals surface area contributed by atoms with E-state index >= 15 is 0 Å². The van der Waals surface area contributed by atoms with Crippen LogP contribution in [0.2, 0.25) is 0 Å². The van der Waals surface area contributed by atoms with Gasteiger partial charge in [0.05, 0.1) is 23.4 Å². The van der Waals surface area contributed by atoms with E-state index in [-0.39, 0.29) is 16.5 Å². The Balaban J connectivity index is 1.60. The van der Waals surface area contributed by atoms with Crippen molar-refractivity contribution in [1.29, 1.82) is 0 Å². The van der Waals surface area contributed by atoms with Crippen molar-refractivity contribution < 1.29 is 22.7 Å². The van der Waals surface area contributed by atoms with Gasteiger partial charge in [0.1, 0.15) is 5.75 Å². The molecule has 0 atom stereocenters. The highest BCUT2D eigenvalue weighted by Crippen LogP contribution is 2.33. The summed E-state index contributed by atoms with van der Waals surface area (Å²) in [5.74, 6) is 0.516. The maximum Gasteiger partial charge on any atom is 0.255 e. The molecule has 2 heterocycles. The first-order valence-electron chi connectivity index (χ1n) is 10.4. The highest BCUT2D eigenvalue weighted by molar-refractivity contribution is 7.99. The number of piperidine rings is 1. The number of thioether (sulfide) groups is 1. The number of nitrogens with one attached hydrogen (secondary N) is 2. The molecule has 2 aliphatic heterocycles. The van der Waals surface area contributed by atoms with E-state index in [1.165, 1.54) is 23.5 Å². The third kappa shape index (κ3) is 4.77. The summed E-state index contributed by atoms with van der Waals surface area (Å²) in [7, 11) is -2.20. The van der Waals surface area contributed by atoms with Crippen molar-refractivity contribution in [3.8, 4) is 5.75 Å². The number of ether oxygens (including phenoxy) is 1. The van der Waals surface area contributed by atoms with Crippen LogP contribution in [0.15, 0.2) is 46.2 Å². The smallest absolute Gasteiger partial charge is 0.255 e. The Kier molecular flexibility index (Phi) is 6.73. The minimum absolute atomic E-state index is 0.0916. The zero-order valence-electron chi connectivity index (χ0n) is 17.7. The van der Waals surface area contributed by atoms with E-state index < -0.39 is 15.9 Å². The minimum atomic E-state index is -3.66. The molecule has 4 rings (SSSR count). The normalized spacial score (nSPS) is 17.1. The van der Waals surface area contributed by atoms with E-state index in [4.69, 9.17) is 4.74 Å². The monoisotopic (exact) mass is 475 g/mol. The highest BCUT2D eigenvalue weighted by Gasteiger charge is 2.27. The van der Waals surface area contributed by atoms with Crippen molar-refractivity contribution in [3.63, 3.8) is 0 Å². The number of hydrogen-bond acceptors (Lipinski definition) is 6. The zero-order chi connectivity index (χ0) is 22.7. The van der Waals surface area contributed by atoms with E-state index in [1.54, 1.807) is 36.0 Å². The molecule has 2 amide bonds. The SMILES string of the molecule is COc1ccc(S(=O)(=O)N2CCCCC2)cc1NC(=O)c1ccc2c(c1)NC(=O)CCS2. The van der Waals surface area contributed by atoms with Gasteiger partial charge in [0.15, 0.2) is 0 Å². The van der Waals surface area contributed by atoms with E-state index in [0.29, 0.717) is 42.3 Å². The molecule has 0 aromatic heterocycles. The Bertz CT molecular complexity index is 1140. The number of amides is 2. The van der Waals surface area contributed by atoms with Gasteiger partial charge < -0.3 is 15.4 Å². The standard InChI is InChI=1S/C22H25N3O5S2/c1-30-19-7-6-16(32(28,29)25-10-3-2-4-11-25)14-17(19)24-22(27)15-5-8-20-18(13-15)23-21(26)9-12-31-20/h5-8,13-14H,2-4,9-12H2,1H3,(H,23,26)(H,24,27). The molecule has 0 unspecified atom stereocenters. The molecule has 32 heavy (non-hydrogen) atoms. The molecule has 1 fully saturated rings. The number of methoxy groups -OCH3 is 1. The average Bonchev–Trinajstić information content (AvgIpc) is 2.99. The van der Waals surface area contributed by atoms with Gasteiger partial charge in [0, 0.05) is 35.7 Å². The van der Waals surface area contributed by atoms with Crippen LogP contribution in [0, 0.1) is 0 Å². The van der Waals surface area contributed by atoms with Crippen molar-refractivity contribution in [2.75, 3.05) is 36.6 Å². The van der Waals surface area contributed by atoms with Gasteiger partial charge in [-0.05, 0) is 49.2 Å². The number of nitrogens with zero attached hydrogens (tertiary/aromatic N) is 1. The van der Waals surface area contributed by atoms with Gasteiger partial charge >= 0.3 is 0 Å². The number of benzene rings is 2. The van der Waals surface area contributed by atoms with Crippen LogP contribution in [0.5, 0.6) is 5.75 Å². The van der Waals surface area contributed by atoms with Crippen LogP contribution in [0.4, 0.5) is 11.4 Å². The number of anilines is 2. The average molecular weight is 476 g/mol. The van der Waals surface area contributed by atoms with Gasteiger partial charge in [-0.25, -0.2) is 8.42 Å². The largest absolute Gasteiger partial charge is 0.495 e. The maximum absolute atomic E-state index is 13.0. The van der Waals surface area contributed by atoms with Crippen LogP contribution >= 0.6 is 11.8 Å². The van der Waals surface area contributed by atoms with Gasteiger partial charge in [-0.2, -0.15) is 4.31 Å². The molecule has 0 bridgehead atoms. The number of sulfonamides is 1. The quantitative estimate of drug-likeness (QED) is 0.685. The molecule has 2 aromatic rings. The predicted molar refractivity (Wildman–Crippen MR) is 124 cm³/mol. The van der Waals surface area contributed by atoms with E-state index in [2.05, 4.69) is 10.6 Å². The summed E-state index contributed by atoms with van der Waals surface area (Å²) in [5, 5.41) is 5.58. The van der Waals surface area contributed by atoms with E-state index in [9.17, 15) is 18.0 Å². The summed E-state index contributed by atoms with van der Waals surface area (Å²) in [6.45, 7) is 0.990. The van der Waals surface area contributed by atoms with Crippen LogP contribution < -0.4 is 15.4 Å². The highest BCUT2D eigenvalue weighted by atomic mass is 32.2. The second-order valence-electron chi connectivity index (χ2n) is 7.64. The first-order chi connectivity index (χ1) is 15.4. The fourth-order valence-electron chi connectivity index (χ4n) is 3.76. The Morgan fingerprint density at radius 2 is 1.91 bits per heavy atom. The molecule has 0 saturated carbocycles. The number of fused-ring (bicyclic) bond motifs is 1. The van der Waals surface area contributed by atoms with Crippen molar-refractivity contribution in [2.24, 2.45) is 0 Å². The number of hydrogen-bond donors (Lipinski definition) is 2. The lowest BCUT2D eigenvalue weighted by Crippen LogP contribution is -2.35. The van der Waals surface area contributed by atoms with Gasteiger partial charge in [0.25, 0.3) is 5.91 Å². The van der Waals surface area contributed by atoms with Crippen molar-refractivity contribution in [3.05, 3.63) is 42.0 Å². The lowest BCUT2D eigenvalue weighted by molar-refractivity contribution is -0.115. The van der Waals surface area contributed by atoms with Gasteiger partial charge in [-0.15, -0.1) is 11.8 Å². The molecule has 0 aliphatic carbocycles. The Morgan fingerprint density at radius 3 is 2.66 bits per heavy atom. The zero-order valence-corrected chi connectivity index (χ0v) is 19.4. The minimum Gasteiger partial charge on any atom is -0.495 e. The topological polar surface area (TPSA) is 105 Å². The van der Waals surface area contributed by atoms with Crippen molar-refractivity contribution >= 4 is 45.0 Å². The molecular formula is C22H25N3O5S2. The number of rotatable bonds is 5. The molecule has 1 saturated heterocycles. The van der Waals surface area contributed by atoms with Crippen LogP contribution in [0.1, 0.15) is 36.0 Å². The van der Waals surface area contributed by atoms with Crippen LogP contribution in [0.3, 0.4) is 0 Å². The predicted octanol–water partition coefficient (Wildman–Crippen LogP) is 3.56. The number of carbonyl (C=O) groups is 2. The molecular weight excluding hydrogens is 450 g/mol. The lowest BCUT2D eigenvalue weighted by atomic mass is 10.1. The molecule has 0 radical (unpaired) electrons. The fraction of sp³-hybridized carbons (Fsp3) is 0.364. The third-order valence-electron chi connectivity index (χ3n) is 5.47. The Labute approximate surface area is 191 Å². The molecule has 170 valence electrons. The summed E-state index contributed by atoms with van der Waals surface area (Å²) in [4.78, 5) is 25.8. The van der Waals surface area contributed by atoms with Crippen LogP contribution in [0.25, 0.3) is 0 Å². The summed E-state index contributed by atoms with van der Waals surface area (Å²) in [6, 6.07) is 9.58. The summed E-state index contributed by atoms with van der Waals surface area (Å²) in [6.07, 6.45) is 3.12. The summed E-state index contributed by atoms with van der Waals surface area (Å²) in [5.41, 5.74) is 1.21. The molecule has 10 heteroatoms. The number of carbonyl (C=O) groups excluding carboxylic acids is 2. The lowest BCUT2D eigenvalue weighted by Gasteiger charge is -2.26. The van der Waals surface area contributed by atoms with Crippen LogP contribution in [-0.4, -0.2) is 50.5 Å². The fourth-order valence-corrected chi connectivity index (χ4v) is 6.24. The molecule has 8 nitrogen and oxygen atoms in total. The molecule has 2 aliphatic rings. The van der Waals surface area contributed by atoms with E-state index in [1.807, 2.05) is 0 Å². The molecule has 2 N–H and O–H groups in total. The molecule has 2 aromatic carbocycles. The Hall–Kier alpha value is -2.56. The van der Waals surface area contributed by atoms with Gasteiger partial charge in [-0.1, -0.05) is 6.42 Å². The van der Waals surface area contributed by atoms with Gasteiger partial charge in [0.2, 0.25) is 15.9 Å². The second-order valence-corrected chi connectivity index (χ2v) is 10.7. The van der Waals surface area contributed by atoms with Gasteiger partial charge in [-0.3, -0.25) is 9.59 Å². The Morgan fingerprint density at radius 1 is 1.12 bits per heavy atom. The first-order valence-corrected chi connectivity index (χ1v) is 12.9. The van der Waals surface area contributed by atoms with Crippen molar-refractivity contribution in [2.45, 2.75) is 35.5 Å². The van der Waals surface area contributed by atoms with Crippen LogP contribution in [-0.2, 0) is 14.8 Å². The molecule has 0 spiro atoms. The third-order valence-corrected chi connectivity index (χ3v) is 8.44. The summed E-state index contributed by atoms with van der Waals surface area (Å²) >= 11 is 1.56. The maximum atomic E-state index is 13.0. The summed E-state index contributed by atoms with van der Waals surface area (Å²) < 4.78 is 32.9. The first kappa shape index (κ1) is 22.6. The van der Waals surface area contributed by atoms with E-state index in [0.717, 1.165) is 24.2 Å². The second kappa shape index (κ2) is 9.51.